The van der Waals surface area contributed by atoms with Gasteiger partial charge in [0.25, 0.3) is 0 Å². The van der Waals surface area contributed by atoms with E-state index in [-0.39, 0.29) is 4.87 Å². The van der Waals surface area contributed by atoms with Crippen molar-refractivity contribution in [2.45, 2.75) is 32.1 Å². The van der Waals surface area contributed by atoms with Gasteiger partial charge in [-0.1, -0.05) is 32.1 Å². The SMILES string of the molecule is CC(C)C1=CCC(C)(Cl)C=C1. The van der Waals surface area contributed by atoms with E-state index < -0.39 is 0 Å². The van der Waals surface area contributed by atoms with E-state index in [0.717, 1.165) is 6.42 Å². The normalized spacial score (nSPS) is 30.8. The molecule has 0 N–H and O–H groups in total. The van der Waals surface area contributed by atoms with Crippen LogP contribution >= 0.6 is 11.6 Å². The minimum absolute atomic E-state index is 0.140. The van der Waals surface area contributed by atoms with E-state index in [9.17, 15) is 0 Å². The highest BCUT2D eigenvalue weighted by atomic mass is 35.5. The Labute approximate surface area is 73.9 Å². The maximum atomic E-state index is 6.11. The maximum Gasteiger partial charge on any atom is 0.0635 e. The Morgan fingerprint density at radius 1 is 1.55 bits per heavy atom. The van der Waals surface area contributed by atoms with E-state index in [1.54, 1.807) is 0 Å². The monoisotopic (exact) mass is 170 g/mol. The molecule has 0 saturated heterocycles. The number of rotatable bonds is 1. The Bertz CT molecular complexity index is 197. The van der Waals surface area contributed by atoms with Crippen molar-refractivity contribution in [3.05, 3.63) is 23.8 Å². The molecule has 0 aliphatic heterocycles. The summed E-state index contributed by atoms with van der Waals surface area (Å²) in [4.78, 5) is -0.140. The lowest BCUT2D eigenvalue weighted by atomic mass is 9.92. The van der Waals surface area contributed by atoms with Crippen LogP contribution in [0.15, 0.2) is 23.8 Å². The number of allylic oxidation sites excluding steroid dienone is 4. The first-order chi connectivity index (χ1) is 5.01. The molecule has 0 aromatic heterocycles. The molecule has 0 nitrogen and oxygen atoms in total. The lowest BCUT2D eigenvalue weighted by Crippen LogP contribution is -2.14. The average molecular weight is 171 g/mol. The second kappa shape index (κ2) is 3.02. The van der Waals surface area contributed by atoms with Crippen LogP contribution in [0.2, 0.25) is 0 Å². The molecule has 11 heavy (non-hydrogen) atoms. The Balaban J connectivity index is 2.68. The van der Waals surface area contributed by atoms with Crippen molar-refractivity contribution in [3.63, 3.8) is 0 Å². The summed E-state index contributed by atoms with van der Waals surface area (Å²) >= 11 is 6.11. The summed E-state index contributed by atoms with van der Waals surface area (Å²) in [6, 6.07) is 0. The van der Waals surface area contributed by atoms with Gasteiger partial charge in [0, 0.05) is 0 Å². The average Bonchev–Trinajstić information content (AvgIpc) is 1.86. The van der Waals surface area contributed by atoms with E-state index in [0.29, 0.717) is 5.92 Å². The molecule has 1 rings (SSSR count). The van der Waals surface area contributed by atoms with Crippen molar-refractivity contribution in [2.75, 3.05) is 0 Å². The molecular formula is C10H15Cl. The van der Waals surface area contributed by atoms with Crippen LogP contribution in [0.3, 0.4) is 0 Å². The lowest BCUT2D eigenvalue weighted by Gasteiger charge is -2.21. The fraction of sp³-hybridized carbons (Fsp3) is 0.600. The fourth-order valence-electron chi connectivity index (χ4n) is 1.15. The number of hydrogen-bond acceptors (Lipinski definition) is 0. The molecule has 1 unspecified atom stereocenters. The molecule has 1 heteroatoms. The van der Waals surface area contributed by atoms with Gasteiger partial charge in [-0.2, -0.15) is 0 Å². The summed E-state index contributed by atoms with van der Waals surface area (Å²) in [5.41, 5.74) is 1.41. The zero-order valence-electron chi connectivity index (χ0n) is 7.39. The highest BCUT2D eigenvalue weighted by Crippen LogP contribution is 2.29. The minimum Gasteiger partial charge on any atom is -0.115 e. The summed E-state index contributed by atoms with van der Waals surface area (Å²) in [5, 5.41) is 0. The Morgan fingerprint density at radius 3 is 2.55 bits per heavy atom. The third-order valence-electron chi connectivity index (χ3n) is 2.03. The number of hydrogen-bond donors (Lipinski definition) is 0. The predicted molar refractivity (Wildman–Crippen MR) is 50.9 cm³/mol. The molecule has 0 aromatic rings. The number of alkyl halides is 1. The van der Waals surface area contributed by atoms with Gasteiger partial charge in [0.15, 0.2) is 0 Å². The van der Waals surface area contributed by atoms with E-state index >= 15 is 0 Å². The third kappa shape index (κ3) is 2.37. The minimum atomic E-state index is -0.140. The van der Waals surface area contributed by atoms with Crippen molar-refractivity contribution in [3.8, 4) is 0 Å². The van der Waals surface area contributed by atoms with Gasteiger partial charge in [-0.05, 0) is 24.8 Å². The predicted octanol–water partition coefficient (Wildman–Crippen LogP) is 3.53. The van der Waals surface area contributed by atoms with Gasteiger partial charge in [-0.3, -0.25) is 0 Å². The summed E-state index contributed by atoms with van der Waals surface area (Å²) in [5.74, 6) is 0.624. The van der Waals surface area contributed by atoms with Crippen molar-refractivity contribution in [2.24, 2.45) is 5.92 Å². The van der Waals surface area contributed by atoms with Crippen LogP contribution in [0.1, 0.15) is 27.2 Å². The van der Waals surface area contributed by atoms with E-state index in [1.807, 2.05) is 6.92 Å². The van der Waals surface area contributed by atoms with Crippen LogP contribution in [0.5, 0.6) is 0 Å². The topological polar surface area (TPSA) is 0 Å². The highest BCUT2D eigenvalue weighted by Gasteiger charge is 2.19. The van der Waals surface area contributed by atoms with Gasteiger partial charge in [0.1, 0.15) is 0 Å². The van der Waals surface area contributed by atoms with Crippen LogP contribution in [0, 0.1) is 5.92 Å². The molecule has 0 amide bonds. The number of halogens is 1. The quantitative estimate of drug-likeness (QED) is 0.529. The zero-order valence-corrected chi connectivity index (χ0v) is 8.15. The van der Waals surface area contributed by atoms with Crippen LogP contribution in [0.25, 0.3) is 0 Å². The van der Waals surface area contributed by atoms with Crippen molar-refractivity contribution >= 4 is 11.6 Å². The summed E-state index contributed by atoms with van der Waals surface area (Å²) in [6.07, 6.45) is 7.42. The van der Waals surface area contributed by atoms with Crippen LogP contribution in [-0.4, -0.2) is 4.87 Å². The standard InChI is InChI=1S/C10H15Cl/c1-8(2)9-4-6-10(3,11)7-5-9/h4-6,8H,7H2,1-3H3. The van der Waals surface area contributed by atoms with E-state index in [4.69, 9.17) is 11.6 Å². The van der Waals surface area contributed by atoms with Crippen LogP contribution < -0.4 is 0 Å². The van der Waals surface area contributed by atoms with E-state index in [2.05, 4.69) is 32.1 Å². The first-order valence-electron chi connectivity index (χ1n) is 4.09. The van der Waals surface area contributed by atoms with Gasteiger partial charge in [-0.25, -0.2) is 0 Å². The third-order valence-corrected chi connectivity index (χ3v) is 2.31. The Kier molecular flexibility index (Phi) is 2.43. The van der Waals surface area contributed by atoms with Gasteiger partial charge < -0.3 is 0 Å². The summed E-state index contributed by atoms with van der Waals surface area (Å²) < 4.78 is 0. The largest absolute Gasteiger partial charge is 0.115 e. The van der Waals surface area contributed by atoms with Gasteiger partial charge in [-0.15, -0.1) is 11.6 Å². The second-order valence-electron chi connectivity index (χ2n) is 3.67. The maximum absolute atomic E-state index is 6.11. The first kappa shape index (κ1) is 8.86. The molecule has 0 radical (unpaired) electrons. The first-order valence-corrected chi connectivity index (χ1v) is 4.47. The second-order valence-corrected chi connectivity index (χ2v) is 4.54. The molecule has 1 aliphatic carbocycles. The lowest BCUT2D eigenvalue weighted by molar-refractivity contribution is 0.726. The molecule has 0 spiro atoms. The van der Waals surface area contributed by atoms with Crippen LogP contribution in [0.4, 0.5) is 0 Å². The fourth-order valence-corrected chi connectivity index (χ4v) is 1.29. The highest BCUT2D eigenvalue weighted by molar-refractivity contribution is 6.25. The van der Waals surface area contributed by atoms with E-state index in [1.165, 1.54) is 5.57 Å². The zero-order chi connectivity index (χ0) is 8.48. The van der Waals surface area contributed by atoms with Crippen molar-refractivity contribution in [1.29, 1.82) is 0 Å². The molecule has 0 saturated carbocycles. The molecule has 0 bridgehead atoms. The summed E-state index contributed by atoms with van der Waals surface area (Å²) in [6.45, 7) is 6.44. The Morgan fingerprint density at radius 2 is 2.18 bits per heavy atom. The van der Waals surface area contributed by atoms with Gasteiger partial charge >= 0.3 is 0 Å². The van der Waals surface area contributed by atoms with Crippen molar-refractivity contribution < 1.29 is 0 Å². The molecule has 0 fully saturated rings. The molecule has 1 atom stereocenters. The van der Waals surface area contributed by atoms with Gasteiger partial charge in [0.05, 0.1) is 4.87 Å². The smallest absolute Gasteiger partial charge is 0.0635 e. The molecule has 62 valence electrons. The molecule has 0 aromatic carbocycles. The Hall–Kier alpha value is -0.230. The van der Waals surface area contributed by atoms with Gasteiger partial charge in [0.2, 0.25) is 0 Å². The van der Waals surface area contributed by atoms with Crippen LogP contribution in [-0.2, 0) is 0 Å². The summed E-state index contributed by atoms with van der Waals surface area (Å²) in [7, 11) is 0. The van der Waals surface area contributed by atoms with Crippen molar-refractivity contribution in [1.82, 2.24) is 0 Å². The molecule has 0 heterocycles. The molecular weight excluding hydrogens is 156 g/mol. The molecule has 1 aliphatic rings.